The van der Waals surface area contributed by atoms with Crippen molar-refractivity contribution in [3.63, 3.8) is 0 Å². The number of nitrogens with zero attached hydrogens (tertiary/aromatic N) is 2. The molecule has 3 aromatic rings. The Labute approximate surface area is 161 Å². The van der Waals surface area contributed by atoms with Crippen molar-refractivity contribution in [2.24, 2.45) is 7.05 Å². The maximum absolute atomic E-state index is 12.7. The lowest BCUT2D eigenvalue weighted by molar-refractivity contribution is 0.0939. The van der Waals surface area contributed by atoms with Crippen LogP contribution in [0.3, 0.4) is 0 Å². The minimum absolute atomic E-state index is 0.215. The number of anilines is 1. The molecule has 0 fully saturated rings. The molecule has 0 aliphatic carbocycles. The first-order valence-electron chi connectivity index (χ1n) is 8.39. The number of aromatic nitrogens is 2. The van der Waals surface area contributed by atoms with Gasteiger partial charge in [-0.05, 0) is 24.3 Å². The molecule has 0 saturated carbocycles. The summed E-state index contributed by atoms with van der Waals surface area (Å²) < 4.78 is 17.0. The molecule has 0 bridgehead atoms. The molecule has 0 atom stereocenters. The van der Waals surface area contributed by atoms with Crippen LogP contribution in [0.4, 0.5) is 5.69 Å². The number of ether oxygens (including phenoxy) is 2. The lowest BCUT2D eigenvalue weighted by Gasteiger charge is -2.11. The Morgan fingerprint density at radius 3 is 2.68 bits per heavy atom. The molecule has 0 spiro atoms. The molecule has 0 saturated heterocycles. The van der Waals surface area contributed by atoms with Gasteiger partial charge in [0.1, 0.15) is 23.0 Å². The number of nitrogens with one attached hydrogen (secondary N) is 2. The van der Waals surface area contributed by atoms with Crippen molar-refractivity contribution in [2.45, 2.75) is 6.54 Å². The molecule has 2 N–H and O–H groups in total. The molecule has 2 aromatic heterocycles. The van der Waals surface area contributed by atoms with Crippen LogP contribution in [-0.2, 0) is 13.6 Å². The van der Waals surface area contributed by atoms with Crippen molar-refractivity contribution in [1.29, 1.82) is 0 Å². The average molecular weight is 384 g/mol. The Bertz CT molecular complexity index is 978. The molecule has 0 aliphatic rings. The Kier molecular flexibility index (Phi) is 5.64. The highest BCUT2D eigenvalue weighted by molar-refractivity contribution is 6.09. The lowest BCUT2D eigenvalue weighted by atomic mass is 10.1. The maximum atomic E-state index is 12.7. The van der Waals surface area contributed by atoms with Crippen molar-refractivity contribution in [1.82, 2.24) is 15.1 Å². The van der Waals surface area contributed by atoms with Crippen LogP contribution in [0.5, 0.6) is 11.5 Å². The quantitative estimate of drug-likeness (QED) is 0.647. The third-order valence-corrected chi connectivity index (χ3v) is 4.06. The zero-order chi connectivity index (χ0) is 20.1. The third kappa shape index (κ3) is 3.98. The third-order valence-electron chi connectivity index (χ3n) is 4.06. The molecule has 146 valence electrons. The number of amides is 2. The van der Waals surface area contributed by atoms with Gasteiger partial charge < -0.3 is 24.5 Å². The van der Waals surface area contributed by atoms with Gasteiger partial charge in [0.15, 0.2) is 0 Å². The van der Waals surface area contributed by atoms with Gasteiger partial charge >= 0.3 is 0 Å². The van der Waals surface area contributed by atoms with E-state index in [1.807, 2.05) is 0 Å². The van der Waals surface area contributed by atoms with E-state index in [1.54, 1.807) is 37.4 Å². The number of carbonyl (C=O) groups excluding carboxylic acids is 2. The van der Waals surface area contributed by atoms with Crippen molar-refractivity contribution >= 4 is 17.5 Å². The Morgan fingerprint density at radius 1 is 1.18 bits per heavy atom. The van der Waals surface area contributed by atoms with Crippen LogP contribution >= 0.6 is 0 Å². The van der Waals surface area contributed by atoms with Gasteiger partial charge in [-0.25, -0.2) is 0 Å². The van der Waals surface area contributed by atoms with Crippen LogP contribution in [0, 0.1) is 0 Å². The second-order valence-electron chi connectivity index (χ2n) is 5.81. The number of benzene rings is 1. The fourth-order valence-corrected chi connectivity index (χ4v) is 2.64. The summed E-state index contributed by atoms with van der Waals surface area (Å²) in [5.41, 5.74) is 0.795. The van der Waals surface area contributed by atoms with E-state index in [2.05, 4.69) is 15.7 Å². The molecule has 28 heavy (non-hydrogen) atoms. The van der Waals surface area contributed by atoms with Crippen LogP contribution in [0.1, 0.15) is 26.6 Å². The Morgan fingerprint density at radius 2 is 2.00 bits per heavy atom. The predicted molar refractivity (Wildman–Crippen MR) is 101 cm³/mol. The fourth-order valence-electron chi connectivity index (χ4n) is 2.64. The van der Waals surface area contributed by atoms with Gasteiger partial charge in [-0.15, -0.1) is 0 Å². The number of methoxy groups -OCH3 is 2. The van der Waals surface area contributed by atoms with Gasteiger partial charge in [0.05, 0.1) is 44.5 Å². The summed E-state index contributed by atoms with van der Waals surface area (Å²) in [5, 5.41) is 9.51. The number of aryl methyl sites for hydroxylation is 1. The molecule has 9 heteroatoms. The predicted octanol–water partition coefficient (Wildman–Crippen LogP) is 2.21. The van der Waals surface area contributed by atoms with Crippen LogP contribution in [-0.4, -0.2) is 35.8 Å². The number of hydrogen-bond donors (Lipinski definition) is 2. The summed E-state index contributed by atoms with van der Waals surface area (Å²) in [6.45, 7) is 0.219. The van der Waals surface area contributed by atoms with E-state index < -0.39 is 11.8 Å². The number of furan rings is 1. The highest BCUT2D eigenvalue weighted by Gasteiger charge is 2.21. The molecule has 9 nitrogen and oxygen atoms in total. The summed E-state index contributed by atoms with van der Waals surface area (Å²) in [6.07, 6.45) is 2.94. The first-order chi connectivity index (χ1) is 13.5. The summed E-state index contributed by atoms with van der Waals surface area (Å²) in [4.78, 5) is 25.3. The summed E-state index contributed by atoms with van der Waals surface area (Å²) in [6, 6.07) is 8.33. The minimum Gasteiger partial charge on any atom is -0.497 e. The molecular formula is C19H20N4O5. The van der Waals surface area contributed by atoms with Crippen LogP contribution in [0.25, 0.3) is 0 Å². The molecule has 0 unspecified atom stereocenters. The van der Waals surface area contributed by atoms with Gasteiger partial charge in [-0.3, -0.25) is 14.3 Å². The van der Waals surface area contributed by atoms with Crippen LogP contribution in [0.2, 0.25) is 0 Å². The number of carbonyl (C=O) groups is 2. The van der Waals surface area contributed by atoms with Gasteiger partial charge in [0.2, 0.25) is 0 Å². The zero-order valence-corrected chi connectivity index (χ0v) is 15.7. The van der Waals surface area contributed by atoms with Gasteiger partial charge in [-0.1, -0.05) is 0 Å². The molecular weight excluding hydrogens is 364 g/mol. The minimum atomic E-state index is -0.437. The number of rotatable bonds is 7. The molecule has 0 radical (unpaired) electrons. The van der Waals surface area contributed by atoms with Crippen LogP contribution in [0.15, 0.2) is 47.2 Å². The van der Waals surface area contributed by atoms with E-state index in [0.29, 0.717) is 22.8 Å². The van der Waals surface area contributed by atoms with E-state index in [9.17, 15) is 9.59 Å². The van der Waals surface area contributed by atoms with Crippen molar-refractivity contribution in [2.75, 3.05) is 19.5 Å². The molecule has 3 rings (SSSR count). The highest BCUT2D eigenvalue weighted by Crippen LogP contribution is 2.26. The Balaban J connectivity index is 1.78. The van der Waals surface area contributed by atoms with E-state index in [0.717, 1.165) is 0 Å². The standard InChI is InChI=1S/C19H20N4O5/c1-23-17(19(25)20-10-13-5-4-8-28-13)15(11-21-23)22-18(24)14-7-6-12(26-2)9-16(14)27-3/h4-9,11H,10H2,1-3H3,(H,20,25)(H,22,24). The Hall–Kier alpha value is -3.75. The second kappa shape index (κ2) is 8.30. The first-order valence-corrected chi connectivity index (χ1v) is 8.39. The van der Waals surface area contributed by atoms with E-state index >= 15 is 0 Å². The molecule has 1 aromatic carbocycles. The SMILES string of the molecule is COc1ccc(C(=O)Nc2cnn(C)c2C(=O)NCc2ccco2)c(OC)c1. The highest BCUT2D eigenvalue weighted by atomic mass is 16.5. The van der Waals surface area contributed by atoms with Crippen molar-refractivity contribution in [3.8, 4) is 11.5 Å². The number of hydrogen-bond acceptors (Lipinski definition) is 6. The fraction of sp³-hybridized carbons (Fsp3) is 0.211. The molecule has 0 aliphatic heterocycles. The van der Waals surface area contributed by atoms with Crippen LogP contribution < -0.4 is 20.1 Å². The maximum Gasteiger partial charge on any atom is 0.272 e. The smallest absolute Gasteiger partial charge is 0.272 e. The van der Waals surface area contributed by atoms with Gasteiger partial charge in [-0.2, -0.15) is 5.10 Å². The molecule has 2 amide bonds. The topological polar surface area (TPSA) is 108 Å². The monoisotopic (exact) mass is 384 g/mol. The van der Waals surface area contributed by atoms with E-state index in [4.69, 9.17) is 13.9 Å². The van der Waals surface area contributed by atoms with Crippen molar-refractivity contribution < 1.29 is 23.5 Å². The lowest BCUT2D eigenvalue weighted by Crippen LogP contribution is -2.26. The van der Waals surface area contributed by atoms with E-state index in [-0.39, 0.29) is 17.9 Å². The summed E-state index contributed by atoms with van der Waals surface area (Å²) in [5.74, 6) is 0.697. The average Bonchev–Trinajstić information content (AvgIpc) is 3.35. The van der Waals surface area contributed by atoms with Crippen molar-refractivity contribution in [3.05, 3.63) is 59.8 Å². The summed E-state index contributed by atoms with van der Waals surface area (Å²) in [7, 11) is 4.60. The van der Waals surface area contributed by atoms with E-state index in [1.165, 1.54) is 31.4 Å². The summed E-state index contributed by atoms with van der Waals surface area (Å²) >= 11 is 0. The normalized spacial score (nSPS) is 10.4. The molecule has 2 heterocycles. The largest absolute Gasteiger partial charge is 0.497 e. The van der Waals surface area contributed by atoms with Gasteiger partial charge in [0, 0.05) is 13.1 Å². The van der Waals surface area contributed by atoms with Gasteiger partial charge in [0.25, 0.3) is 11.8 Å². The zero-order valence-electron chi connectivity index (χ0n) is 15.7. The second-order valence-corrected chi connectivity index (χ2v) is 5.81. The first kappa shape index (κ1) is 19.0.